The van der Waals surface area contributed by atoms with Crippen LogP contribution in [0.2, 0.25) is 0 Å². The smallest absolute Gasteiger partial charge is 0.246 e. The summed E-state index contributed by atoms with van der Waals surface area (Å²) < 4.78 is 15.1. The van der Waals surface area contributed by atoms with Crippen molar-refractivity contribution in [3.63, 3.8) is 0 Å². The number of halogens is 1. The molecule has 2 aromatic rings. The molecule has 0 bridgehead atoms. The average molecular weight is 288 g/mol. The van der Waals surface area contributed by atoms with Crippen LogP contribution in [0.3, 0.4) is 0 Å². The number of benzene rings is 1. The monoisotopic (exact) mass is 288 g/mol. The Bertz CT molecular complexity index is 674. The molecule has 108 valence electrons. The Balaban J connectivity index is 2.00. The van der Waals surface area contributed by atoms with E-state index in [4.69, 9.17) is 5.11 Å². The van der Waals surface area contributed by atoms with Gasteiger partial charge in [-0.2, -0.15) is 0 Å². The van der Waals surface area contributed by atoms with E-state index in [1.54, 1.807) is 12.3 Å². The lowest BCUT2D eigenvalue weighted by atomic mass is 10.2. The Morgan fingerprint density at radius 2 is 2.33 bits per heavy atom. The van der Waals surface area contributed by atoms with Crippen molar-refractivity contribution in [1.82, 2.24) is 15.0 Å². The van der Waals surface area contributed by atoms with E-state index >= 15 is 0 Å². The summed E-state index contributed by atoms with van der Waals surface area (Å²) in [6.45, 7) is -0.0648. The summed E-state index contributed by atoms with van der Waals surface area (Å²) in [7, 11) is 0. The van der Waals surface area contributed by atoms with Gasteiger partial charge in [0, 0.05) is 18.3 Å². The van der Waals surface area contributed by atoms with Crippen molar-refractivity contribution in [3.05, 3.63) is 42.0 Å². The van der Waals surface area contributed by atoms with Gasteiger partial charge in [-0.05, 0) is 18.2 Å². The maximum Gasteiger partial charge on any atom is 0.246 e. The summed E-state index contributed by atoms with van der Waals surface area (Å²) in [5.41, 5.74) is 0.558. The number of carbonyl (C=O) groups excluding carboxylic acids is 1. The fourth-order valence-corrected chi connectivity index (χ4v) is 1.57. The highest BCUT2D eigenvalue weighted by atomic mass is 19.1. The van der Waals surface area contributed by atoms with Gasteiger partial charge in [-0.3, -0.25) is 4.79 Å². The second-order valence-corrected chi connectivity index (χ2v) is 4.12. The summed E-state index contributed by atoms with van der Waals surface area (Å²) in [6.07, 6.45) is 3.31. The second kappa shape index (κ2) is 7.17. The third-order valence-electron chi connectivity index (χ3n) is 2.49. The number of aliphatic hydroxyl groups is 1. The molecule has 7 heteroatoms. The lowest BCUT2D eigenvalue weighted by Crippen LogP contribution is -2.19. The number of hydrogen-bond donors (Lipinski definition) is 2. The van der Waals surface area contributed by atoms with E-state index in [1.165, 1.54) is 23.0 Å². The van der Waals surface area contributed by atoms with Gasteiger partial charge >= 0.3 is 0 Å². The average Bonchev–Trinajstić information content (AvgIpc) is 2.94. The fraction of sp³-hybridized carbons (Fsp3) is 0.214. The summed E-state index contributed by atoms with van der Waals surface area (Å²) in [5, 5.41) is 18.4. The maximum absolute atomic E-state index is 13.8. The zero-order valence-electron chi connectivity index (χ0n) is 11.1. The van der Waals surface area contributed by atoms with Gasteiger partial charge < -0.3 is 10.4 Å². The van der Waals surface area contributed by atoms with E-state index in [0.717, 1.165) is 0 Å². The molecule has 2 N–H and O–H groups in total. The molecule has 0 aliphatic heterocycles. The number of nitrogens with zero attached hydrogens (tertiary/aromatic N) is 3. The molecule has 0 aliphatic rings. The van der Waals surface area contributed by atoms with Crippen molar-refractivity contribution >= 4 is 11.6 Å². The van der Waals surface area contributed by atoms with Crippen molar-refractivity contribution in [1.29, 1.82) is 0 Å². The molecule has 1 heterocycles. The normalized spacial score (nSPS) is 9.81. The Morgan fingerprint density at radius 3 is 3.00 bits per heavy atom. The highest BCUT2D eigenvalue weighted by Crippen LogP contribution is 2.14. The molecular weight excluding hydrogens is 275 g/mol. The molecule has 0 atom stereocenters. The minimum absolute atomic E-state index is 0.000321. The molecule has 2 rings (SSSR count). The molecule has 0 fully saturated rings. The van der Waals surface area contributed by atoms with E-state index in [9.17, 15) is 9.18 Å². The zero-order chi connectivity index (χ0) is 15.1. The number of rotatable bonds is 4. The molecule has 0 unspecified atom stereocenters. The molecule has 0 saturated heterocycles. The van der Waals surface area contributed by atoms with Crippen LogP contribution < -0.4 is 5.32 Å². The standard InChI is InChI=1S/C14H13FN4O2/c15-13-9-12(5-4-11(13)3-1-2-8-20)17-14(21)10-19-7-6-16-18-19/h4-7,9,20H,2,8,10H2,(H,17,21). The minimum atomic E-state index is -0.529. The van der Waals surface area contributed by atoms with Crippen molar-refractivity contribution in [2.45, 2.75) is 13.0 Å². The fourth-order valence-electron chi connectivity index (χ4n) is 1.57. The summed E-state index contributed by atoms with van der Waals surface area (Å²) in [4.78, 5) is 11.7. The van der Waals surface area contributed by atoms with Crippen LogP contribution in [-0.2, 0) is 11.3 Å². The molecule has 1 amide bonds. The van der Waals surface area contributed by atoms with Crippen LogP contribution in [0.4, 0.5) is 10.1 Å². The second-order valence-electron chi connectivity index (χ2n) is 4.12. The first-order chi connectivity index (χ1) is 10.2. The first-order valence-electron chi connectivity index (χ1n) is 6.22. The number of aromatic nitrogens is 3. The van der Waals surface area contributed by atoms with Crippen LogP contribution in [-0.4, -0.2) is 32.6 Å². The Morgan fingerprint density at radius 1 is 1.48 bits per heavy atom. The predicted octanol–water partition coefficient (Wildman–Crippen LogP) is 0.790. The quantitative estimate of drug-likeness (QED) is 0.815. The number of anilines is 1. The van der Waals surface area contributed by atoms with Gasteiger partial charge in [-0.1, -0.05) is 17.1 Å². The zero-order valence-corrected chi connectivity index (χ0v) is 11.1. The minimum Gasteiger partial charge on any atom is -0.395 e. The van der Waals surface area contributed by atoms with E-state index < -0.39 is 5.82 Å². The lowest BCUT2D eigenvalue weighted by Gasteiger charge is -2.05. The van der Waals surface area contributed by atoms with Crippen LogP contribution in [0.25, 0.3) is 0 Å². The number of amides is 1. The first-order valence-corrected chi connectivity index (χ1v) is 6.22. The van der Waals surface area contributed by atoms with Gasteiger partial charge in [0.25, 0.3) is 0 Å². The number of nitrogens with one attached hydrogen (secondary N) is 1. The highest BCUT2D eigenvalue weighted by Gasteiger charge is 2.06. The van der Waals surface area contributed by atoms with Crippen LogP contribution in [0.5, 0.6) is 0 Å². The lowest BCUT2D eigenvalue weighted by molar-refractivity contribution is -0.116. The number of aliphatic hydroxyl groups excluding tert-OH is 1. The number of carbonyl (C=O) groups is 1. The maximum atomic E-state index is 13.8. The Hall–Kier alpha value is -2.72. The van der Waals surface area contributed by atoms with Crippen LogP contribution in [0.15, 0.2) is 30.6 Å². The molecule has 0 radical (unpaired) electrons. The molecule has 1 aromatic carbocycles. The predicted molar refractivity (Wildman–Crippen MR) is 73.6 cm³/mol. The first kappa shape index (κ1) is 14.7. The van der Waals surface area contributed by atoms with Gasteiger partial charge in [0.15, 0.2) is 0 Å². The van der Waals surface area contributed by atoms with Crippen molar-refractivity contribution < 1.29 is 14.3 Å². The van der Waals surface area contributed by atoms with Crippen molar-refractivity contribution in [2.24, 2.45) is 0 Å². The van der Waals surface area contributed by atoms with Gasteiger partial charge in [0.2, 0.25) is 5.91 Å². The van der Waals surface area contributed by atoms with E-state index in [1.807, 2.05) is 0 Å². The van der Waals surface area contributed by atoms with Gasteiger partial charge in [0.05, 0.1) is 18.4 Å². The van der Waals surface area contributed by atoms with Gasteiger partial charge in [-0.15, -0.1) is 5.10 Å². The van der Waals surface area contributed by atoms with E-state index in [-0.39, 0.29) is 31.0 Å². The Kier molecular flexibility index (Phi) is 5.01. The molecule has 1 aromatic heterocycles. The number of hydrogen-bond acceptors (Lipinski definition) is 4. The van der Waals surface area contributed by atoms with Crippen LogP contribution >= 0.6 is 0 Å². The third-order valence-corrected chi connectivity index (χ3v) is 2.49. The molecule has 6 nitrogen and oxygen atoms in total. The highest BCUT2D eigenvalue weighted by molar-refractivity contribution is 5.90. The van der Waals surface area contributed by atoms with Crippen LogP contribution in [0, 0.1) is 17.7 Å². The summed E-state index contributed by atoms with van der Waals surface area (Å²) >= 11 is 0. The van der Waals surface area contributed by atoms with Crippen molar-refractivity contribution in [2.75, 3.05) is 11.9 Å². The van der Waals surface area contributed by atoms with Crippen LogP contribution in [0.1, 0.15) is 12.0 Å². The molecule has 21 heavy (non-hydrogen) atoms. The van der Waals surface area contributed by atoms with Gasteiger partial charge in [-0.25, -0.2) is 9.07 Å². The molecular formula is C14H13FN4O2. The topological polar surface area (TPSA) is 80.0 Å². The van der Waals surface area contributed by atoms with Gasteiger partial charge in [0.1, 0.15) is 12.4 Å². The summed E-state index contributed by atoms with van der Waals surface area (Å²) in [5.74, 6) is 4.38. The van der Waals surface area contributed by atoms with Crippen molar-refractivity contribution in [3.8, 4) is 11.8 Å². The molecule has 0 aliphatic carbocycles. The molecule has 0 saturated carbocycles. The Labute approximate surface area is 120 Å². The third kappa shape index (κ3) is 4.40. The summed E-state index contributed by atoms with van der Waals surface area (Å²) in [6, 6.07) is 4.23. The molecule has 0 spiro atoms. The van der Waals surface area contributed by atoms with E-state index in [2.05, 4.69) is 27.5 Å². The largest absolute Gasteiger partial charge is 0.395 e. The SMILES string of the molecule is O=C(Cn1ccnn1)Nc1ccc(C#CCCO)c(F)c1. The van der Waals surface area contributed by atoms with E-state index in [0.29, 0.717) is 5.69 Å².